The summed E-state index contributed by atoms with van der Waals surface area (Å²) in [6, 6.07) is 8.69. The van der Waals surface area contributed by atoms with E-state index in [1.165, 1.54) is 30.4 Å². The maximum absolute atomic E-state index is 10.4. The van der Waals surface area contributed by atoms with Gasteiger partial charge in [0.1, 0.15) is 0 Å². The molecule has 1 aliphatic rings. The zero-order valence-electron chi connectivity index (χ0n) is 12.6. The topological polar surface area (TPSA) is 20.2 Å². The zero-order chi connectivity index (χ0) is 13.8. The van der Waals surface area contributed by atoms with E-state index in [0.717, 1.165) is 24.7 Å². The molecule has 1 heteroatoms. The molecule has 1 N–H and O–H groups in total. The average Bonchev–Trinajstić information content (AvgIpc) is 2.41. The first-order chi connectivity index (χ1) is 9.06. The van der Waals surface area contributed by atoms with Gasteiger partial charge in [-0.2, -0.15) is 0 Å². The lowest BCUT2D eigenvalue weighted by Crippen LogP contribution is -2.29. The molecule has 1 aromatic carbocycles. The van der Waals surface area contributed by atoms with Crippen molar-refractivity contribution in [2.24, 2.45) is 17.8 Å². The first-order valence-corrected chi connectivity index (χ1v) is 7.80. The fraction of sp³-hybridized carbons (Fsp3) is 0.667. The average molecular weight is 260 g/mol. The van der Waals surface area contributed by atoms with Crippen LogP contribution < -0.4 is 0 Å². The molecule has 106 valence electrons. The maximum atomic E-state index is 10.4. The van der Waals surface area contributed by atoms with Crippen LogP contribution in [0.2, 0.25) is 0 Å². The Morgan fingerprint density at radius 2 is 1.79 bits per heavy atom. The lowest BCUT2D eigenvalue weighted by molar-refractivity contribution is 0.0510. The molecular formula is C18H28O. The molecule has 0 bridgehead atoms. The molecule has 0 spiro atoms. The van der Waals surface area contributed by atoms with Crippen molar-refractivity contribution in [2.75, 3.05) is 0 Å². The molecule has 0 aliphatic heterocycles. The van der Waals surface area contributed by atoms with Gasteiger partial charge >= 0.3 is 0 Å². The van der Waals surface area contributed by atoms with Gasteiger partial charge in [0.25, 0.3) is 0 Å². The van der Waals surface area contributed by atoms with Gasteiger partial charge in [-0.15, -0.1) is 0 Å². The van der Waals surface area contributed by atoms with Crippen molar-refractivity contribution in [2.45, 2.75) is 59.0 Å². The van der Waals surface area contributed by atoms with Gasteiger partial charge in [0.15, 0.2) is 0 Å². The van der Waals surface area contributed by atoms with Crippen LogP contribution in [-0.4, -0.2) is 11.2 Å². The van der Waals surface area contributed by atoms with Crippen LogP contribution in [0.25, 0.3) is 0 Å². The first kappa shape index (κ1) is 14.6. The smallest absolute Gasteiger partial charge is 0.0571 e. The van der Waals surface area contributed by atoms with E-state index in [1.807, 2.05) is 0 Å². The highest BCUT2D eigenvalue weighted by molar-refractivity contribution is 5.21. The van der Waals surface area contributed by atoms with E-state index in [9.17, 15) is 5.11 Å². The SMILES string of the molecule is Cc1ccc(CCC(O)C2CCC(C)C(C)C2)cc1. The Morgan fingerprint density at radius 3 is 2.42 bits per heavy atom. The molecule has 1 aliphatic carbocycles. The van der Waals surface area contributed by atoms with Gasteiger partial charge in [0, 0.05) is 0 Å². The Balaban J connectivity index is 1.81. The van der Waals surface area contributed by atoms with Crippen LogP contribution in [0.5, 0.6) is 0 Å². The van der Waals surface area contributed by atoms with Gasteiger partial charge in [-0.1, -0.05) is 50.1 Å². The van der Waals surface area contributed by atoms with E-state index < -0.39 is 0 Å². The van der Waals surface area contributed by atoms with Crippen molar-refractivity contribution in [3.05, 3.63) is 35.4 Å². The van der Waals surface area contributed by atoms with E-state index in [4.69, 9.17) is 0 Å². The fourth-order valence-corrected chi connectivity index (χ4v) is 3.24. The Bertz CT molecular complexity index is 381. The molecule has 4 atom stereocenters. The summed E-state index contributed by atoms with van der Waals surface area (Å²) in [5.74, 6) is 2.13. The molecule has 0 saturated heterocycles. The molecule has 1 aromatic rings. The normalized spacial score (nSPS) is 29.2. The highest BCUT2D eigenvalue weighted by atomic mass is 16.3. The number of benzene rings is 1. The second kappa shape index (κ2) is 6.56. The summed E-state index contributed by atoms with van der Waals surface area (Å²) in [5, 5.41) is 10.4. The van der Waals surface area contributed by atoms with Crippen molar-refractivity contribution >= 4 is 0 Å². The quantitative estimate of drug-likeness (QED) is 0.852. The van der Waals surface area contributed by atoms with E-state index in [2.05, 4.69) is 45.0 Å². The van der Waals surface area contributed by atoms with Crippen molar-refractivity contribution in [1.29, 1.82) is 0 Å². The van der Waals surface area contributed by atoms with Gasteiger partial charge < -0.3 is 5.11 Å². The third kappa shape index (κ3) is 4.07. The second-order valence-electron chi connectivity index (χ2n) is 6.62. The van der Waals surface area contributed by atoms with Crippen molar-refractivity contribution in [3.63, 3.8) is 0 Å². The summed E-state index contributed by atoms with van der Waals surface area (Å²) in [4.78, 5) is 0. The van der Waals surface area contributed by atoms with Crippen LogP contribution in [-0.2, 0) is 6.42 Å². The summed E-state index contributed by atoms with van der Waals surface area (Å²) in [6.07, 6.45) is 5.50. The standard InChI is InChI=1S/C18H28O/c1-13-4-7-16(8-5-13)9-11-18(19)17-10-6-14(2)15(3)12-17/h4-5,7-8,14-15,17-19H,6,9-12H2,1-3H3. The minimum absolute atomic E-state index is 0.115. The molecular weight excluding hydrogens is 232 g/mol. The molecule has 0 heterocycles. The zero-order valence-corrected chi connectivity index (χ0v) is 12.6. The van der Waals surface area contributed by atoms with Crippen LogP contribution in [0.1, 0.15) is 50.7 Å². The molecule has 0 amide bonds. The van der Waals surface area contributed by atoms with Gasteiger partial charge in [-0.3, -0.25) is 0 Å². The number of aliphatic hydroxyl groups is 1. The van der Waals surface area contributed by atoms with Gasteiger partial charge in [-0.05, 0) is 55.9 Å². The third-order valence-corrected chi connectivity index (χ3v) is 5.03. The number of aliphatic hydroxyl groups excluding tert-OH is 1. The monoisotopic (exact) mass is 260 g/mol. The first-order valence-electron chi connectivity index (χ1n) is 7.80. The molecule has 19 heavy (non-hydrogen) atoms. The molecule has 2 rings (SSSR count). The molecule has 0 radical (unpaired) electrons. The fourth-order valence-electron chi connectivity index (χ4n) is 3.24. The predicted molar refractivity (Wildman–Crippen MR) is 81.2 cm³/mol. The van der Waals surface area contributed by atoms with Crippen LogP contribution in [0.4, 0.5) is 0 Å². The molecule has 0 aromatic heterocycles. The Kier molecular flexibility index (Phi) is 5.04. The summed E-state index contributed by atoms with van der Waals surface area (Å²) in [5.41, 5.74) is 2.65. The number of hydrogen-bond donors (Lipinski definition) is 1. The number of aryl methyl sites for hydroxylation is 2. The maximum Gasteiger partial charge on any atom is 0.0571 e. The Labute approximate surface area is 118 Å². The van der Waals surface area contributed by atoms with Crippen molar-refractivity contribution < 1.29 is 5.11 Å². The summed E-state index contributed by atoms with van der Waals surface area (Å²) >= 11 is 0. The Morgan fingerprint density at radius 1 is 1.11 bits per heavy atom. The van der Waals surface area contributed by atoms with Gasteiger partial charge in [-0.25, -0.2) is 0 Å². The van der Waals surface area contributed by atoms with Crippen LogP contribution in [0, 0.1) is 24.7 Å². The van der Waals surface area contributed by atoms with Gasteiger partial charge in [0.2, 0.25) is 0 Å². The van der Waals surface area contributed by atoms with E-state index >= 15 is 0 Å². The summed E-state index contributed by atoms with van der Waals surface area (Å²) in [6.45, 7) is 6.80. The molecule has 1 saturated carbocycles. The van der Waals surface area contributed by atoms with E-state index in [1.54, 1.807) is 0 Å². The second-order valence-corrected chi connectivity index (χ2v) is 6.62. The van der Waals surface area contributed by atoms with Crippen LogP contribution in [0.3, 0.4) is 0 Å². The lowest BCUT2D eigenvalue weighted by Gasteiger charge is -2.34. The van der Waals surface area contributed by atoms with E-state index in [0.29, 0.717) is 5.92 Å². The van der Waals surface area contributed by atoms with Crippen molar-refractivity contribution in [1.82, 2.24) is 0 Å². The molecule has 1 nitrogen and oxygen atoms in total. The summed E-state index contributed by atoms with van der Waals surface area (Å²) < 4.78 is 0. The minimum Gasteiger partial charge on any atom is -0.393 e. The molecule has 4 unspecified atom stereocenters. The highest BCUT2D eigenvalue weighted by Gasteiger charge is 2.28. The minimum atomic E-state index is -0.115. The number of hydrogen-bond acceptors (Lipinski definition) is 1. The molecule has 1 fully saturated rings. The predicted octanol–water partition coefficient (Wildman–Crippen LogP) is 4.36. The van der Waals surface area contributed by atoms with Crippen molar-refractivity contribution in [3.8, 4) is 0 Å². The highest BCUT2D eigenvalue weighted by Crippen LogP contribution is 2.35. The van der Waals surface area contributed by atoms with E-state index in [-0.39, 0.29) is 6.10 Å². The third-order valence-electron chi connectivity index (χ3n) is 5.03. The van der Waals surface area contributed by atoms with Crippen LogP contribution in [0.15, 0.2) is 24.3 Å². The Hall–Kier alpha value is -0.820. The van der Waals surface area contributed by atoms with Crippen LogP contribution >= 0.6 is 0 Å². The number of rotatable bonds is 4. The lowest BCUT2D eigenvalue weighted by atomic mass is 9.73. The summed E-state index contributed by atoms with van der Waals surface area (Å²) in [7, 11) is 0. The van der Waals surface area contributed by atoms with Gasteiger partial charge in [0.05, 0.1) is 6.10 Å². The largest absolute Gasteiger partial charge is 0.393 e.